The Balaban J connectivity index is 1.90. The monoisotopic (exact) mass is 173 g/mol. The van der Waals surface area contributed by atoms with Crippen LogP contribution < -0.4 is 5.32 Å². The van der Waals surface area contributed by atoms with Crippen molar-refractivity contribution in [2.45, 2.75) is 38.1 Å². The molecule has 1 N–H and O–H groups in total. The molecule has 1 aromatic heterocycles. The van der Waals surface area contributed by atoms with E-state index in [0.717, 1.165) is 6.04 Å². The van der Waals surface area contributed by atoms with Crippen molar-refractivity contribution in [2.75, 3.05) is 5.32 Å². The zero-order chi connectivity index (χ0) is 8.93. The fourth-order valence-electron chi connectivity index (χ4n) is 2.02. The van der Waals surface area contributed by atoms with Gasteiger partial charge in [0.05, 0.1) is 0 Å². The molecule has 13 heavy (non-hydrogen) atoms. The summed E-state index contributed by atoms with van der Waals surface area (Å²) < 4.78 is 0. The molecule has 0 saturated heterocycles. The van der Waals surface area contributed by atoms with Crippen LogP contribution >= 0.6 is 0 Å². The van der Waals surface area contributed by atoms with Crippen LogP contribution in [0.5, 0.6) is 0 Å². The molecule has 1 saturated carbocycles. The molecule has 1 aromatic rings. The first-order valence-electron chi connectivity index (χ1n) is 5.27. The Morgan fingerprint density at radius 3 is 2.69 bits per heavy atom. The number of nitrogens with one attached hydrogen (secondary N) is 1. The minimum atomic E-state index is 0.719. The van der Waals surface area contributed by atoms with E-state index < -0.39 is 0 Å². The van der Waals surface area contributed by atoms with Gasteiger partial charge in [-0.1, -0.05) is 0 Å². The summed E-state index contributed by atoms with van der Waals surface area (Å²) in [5.74, 6) is 2.09. The first-order valence-corrected chi connectivity index (χ1v) is 5.27. The summed E-state index contributed by atoms with van der Waals surface area (Å²) in [5.41, 5.74) is 1.27. The molecule has 68 valence electrons. The zero-order valence-corrected chi connectivity index (χ0v) is 8.00. The van der Waals surface area contributed by atoms with Gasteiger partial charge >= 0.3 is 80.1 Å². The van der Waals surface area contributed by atoms with Crippen molar-refractivity contribution in [1.82, 2.24) is 0 Å². The van der Waals surface area contributed by atoms with Crippen molar-refractivity contribution in [3.05, 3.63) is 24.2 Å². The second-order valence-corrected chi connectivity index (χ2v) is 3.85. The normalized spacial score (nSPS) is 18.2. The summed E-state index contributed by atoms with van der Waals surface area (Å²) in [6.07, 6.45) is 6.89. The molecule has 1 aliphatic carbocycles. The van der Waals surface area contributed by atoms with E-state index in [1.165, 1.54) is 37.7 Å². The van der Waals surface area contributed by atoms with Crippen LogP contribution in [0.25, 0.3) is 0 Å². The number of rotatable bonds is 2. The van der Waals surface area contributed by atoms with Gasteiger partial charge in [0, 0.05) is 0 Å². The number of hydrogen-bond acceptors (Lipinski definition) is 1. The minimum absolute atomic E-state index is 0.719. The molecule has 0 atom stereocenters. The molecule has 2 rings (SSSR count). The van der Waals surface area contributed by atoms with E-state index >= 15 is 0 Å². The van der Waals surface area contributed by atoms with Crippen molar-refractivity contribution in [3.8, 4) is 0 Å². The van der Waals surface area contributed by atoms with Crippen LogP contribution in [0.1, 0.15) is 32.1 Å². The molecule has 0 radical (unpaired) electrons. The standard InChI is InChI=1S/C11H16BN/c1-2-6-10(7-3-1)13-11-8-4-5-9-12-11/h4-5,8-10,13H,1-3,6-7H2. The predicted molar refractivity (Wildman–Crippen MR) is 58.3 cm³/mol. The Morgan fingerprint density at radius 2 is 2.00 bits per heavy atom. The fourth-order valence-corrected chi connectivity index (χ4v) is 2.02. The first kappa shape index (κ1) is 8.80. The van der Waals surface area contributed by atoms with Crippen LogP contribution in [0.4, 0.5) is 5.58 Å². The van der Waals surface area contributed by atoms with E-state index in [2.05, 4.69) is 36.4 Å². The molecule has 1 nitrogen and oxygen atoms in total. The number of anilines is 1. The Labute approximate surface area is 80.8 Å². The summed E-state index contributed by atoms with van der Waals surface area (Å²) in [7, 11) is 0. The maximum atomic E-state index is 3.58. The predicted octanol–water partition coefficient (Wildman–Crippen LogP) is 2.77. The third kappa shape index (κ3) is 2.58. The summed E-state index contributed by atoms with van der Waals surface area (Å²) in [4.78, 5) is 0. The van der Waals surface area contributed by atoms with Gasteiger partial charge in [0.2, 0.25) is 0 Å². The molecule has 1 heterocycles. The molecule has 0 spiro atoms. The summed E-state index contributed by atoms with van der Waals surface area (Å²) in [6.45, 7) is 2.15. The molecule has 0 aliphatic heterocycles. The Bertz CT molecular complexity index is 242. The first-order chi connectivity index (χ1) is 6.45. The second-order valence-electron chi connectivity index (χ2n) is 3.85. The third-order valence-electron chi connectivity index (χ3n) is 2.75. The summed E-state index contributed by atoms with van der Waals surface area (Å²) in [6, 6.07) is 7.02. The Morgan fingerprint density at radius 1 is 1.15 bits per heavy atom. The van der Waals surface area contributed by atoms with Gasteiger partial charge in [0.1, 0.15) is 0 Å². The van der Waals surface area contributed by atoms with Crippen LogP contribution in [0, 0.1) is 0 Å². The van der Waals surface area contributed by atoms with Gasteiger partial charge in [-0.05, 0) is 0 Å². The van der Waals surface area contributed by atoms with Gasteiger partial charge in [-0.25, -0.2) is 0 Å². The van der Waals surface area contributed by atoms with E-state index in [1.807, 2.05) is 0 Å². The summed E-state index contributed by atoms with van der Waals surface area (Å²) >= 11 is 0. The Hall–Kier alpha value is -0.785. The van der Waals surface area contributed by atoms with Crippen molar-refractivity contribution in [1.29, 1.82) is 0 Å². The molecule has 2 heteroatoms. The van der Waals surface area contributed by atoms with Crippen LogP contribution in [0.15, 0.2) is 24.2 Å². The molecule has 0 amide bonds. The van der Waals surface area contributed by atoms with Crippen molar-refractivity contribution >= 4 is 12.5 Å². The average Bonchev–Trinajstić information content (AvgIpc) is 2.21. The fraction of sp³-hybridized carbons (Fsp3) is 0.545. The van der Waals surface area contributed by atoms with Gasteiger partial charge in [0.25, 0.3) is 0 Å². The van der Waals surface area contributed by atoms with Crippen molar-refractivity contribution in [3.63, 3.8) is 0 Å². The van der Waals surface area contributed by atoms with Crippen molar-refractivity contribution in [2.24, 2.45) is 0 Å². The molecule has 1 aliphatic rings. The van der Waals surface area contributed by atoms with E-state index in [0.29, 0.717) is 0 Å². The van der Waals surface area contributed by atoms with Gasteiger partial charge in [-0.3, -0.25) is 0 Å². The van der Waals surface area contributed by atoms with Crippen molar-refractivity contribution < 1.29 is 0 Å². The van der Waals surface area contributed by atoms with Gasteiger partial charge in [-0.2, -0.15) is 0 Å². The quantitative estimate of drug-likeness (QED) is 0.724. The van der Waals surface area contributed by atoms with Gasteiger partial charge in [-0.15, -0.1) is 0 Å². The average molecular weight is 173 g/mol. The topological polar surface area (TPSA) is 12.0 Å². The number of hydrogen-bond donors (Lipinski definition) is 1. The molecular formula is C11H16BN. The van der Waals surface area contributed by atoms with Crippen LogP contribution in [-0.2, 0) is 0 Å². The molecule has 1 fully saturated rings. The van der Waals surface area contributed by atoms with Crippen LogP contribution in [0.3, 0.4) is 0 Å². The SMILES string of the molecule is b1ccccc1NC1CCCCC1. The molecule has 0 bridgehead atoms. The van der Waals surface area contributed by atoms with E-state index in [-0.39, 0.29) is 0 Å². The zero-order valence-electron chi connectivity index (χ0n) is 8.00. The summed E-state index contributed by atoms with van der Waals surface area (Å²) in [5, 5.41) is 3.58. The van der Waals surface area contributed by atoms with E-state index in [9.17, 15) is 0 Å². The van der Waals surface area contributed by atoms with E-state index in [1.54, 1.807) is 0 Å². The van der Waals surface area contributed by atoms with Gasteiger partial charge in [0.15, 0.2) is 0 Å². The Kier molecular flexibility index (Phi) is 3.01. The molecule has 0 unspecified atom stereocenters. The van der Waals surface area contributed by atoms with Crippen LogP contribution in [0.2, 0.25) is 0 Å². The maximum absolute atomic E-state index is 3.58. The van der Waals surface area contributed by atoms with Gasteiger partial charge < -0.3 is 0 Å². The third-order valence-corrected chi connectivity index (χ3v) is 2.75. The van der Waals surface area contributed by atoms with E-state index in [4.69, 9.17) is 0 Å². The molecular weight excluding hydrogens is 157 g/mol. The van der Waals surface area contributed by atoms with Crippen LogP contribution in [-0.4, -0.2) is 13.0 Å². The second kappa shape index (κ2) is 4.45. The molecule has 0 aromatic carbocycles.